The lowest BCUT2D eigenvalue weighted by Crippen LogP contribution is -2.38. The van der Waals surface area contributed by atoms with E-state index in [0.717, 1.165) is 5.56 Å². The van der Waals surface area contributed by atoms with Crippen LogP contribution in [0.15, 0.2) is 24.3 Å². The second kappa shape index (κ2) is 8.29. The molecule has 0 bridgehead atoms. The molecular formula is C14H18F5NO. The Labute approximate surface area is 120 Å². The van der Waals surface area contributed by atoms with E-state index in [1.165, 1.54) is 12.1 Å². The normalized spacial score (nSPS) is 13.7. The van der Waals surface area contributed by atoms with Crippen LogP contribution in [0.2, 0.25) is 0 Å². The summed E-state index contributed by atoms with van der Waals surface area (Å²) >= 11 is 0. The van der Waals surface area contributed by atoms with Crippen molar-refractivity contribution in [3.63, 3.8) is 0 Å². The van der Waals surface area contributed by atoms with Crippen LogP contribution in [0.1, 0.15) is 12.5 Å². The molecule has 21 heavy (non-hydrogen) atoms. The van der Waals surface area contributed by atoms with Gasteiger partial charge in [-0.05, 0) is 30.7 Å². The molecule has 0 aromatic heterocycles. The summed E-state index contributed by atoms with van der Waals surface area (Å²) in [5.41, 5.74) is 0.798. The predicted molar refractivity (Wildman–Crippen MR) is 69.3 cm³/mol. The molecule has 1 aromatic rings. The van der Waals surface area contributed by atoms with Crippen molar-refractivity contribution in [3.8, 4) is 0 Å². The highest BCUT2D eigenvalue weighted by Gasteiger charge is 2.41. The summed E-state index contributed by atoms with van der Waals surface area (Å²) < 4.78 is 66.9. The predicted octanol–water partition coefficient (Wildman–Crippen LogP) is 3.26. The smallest absolute Gasteiger partial charge is 0.330 e. The zero-order chi connectivity index (χ0) is 15.9. The molecule has 2 nitrogen and oxygen atoms in total. The molecule has 1 atom stereocenters. The number of ether oxygens (including phenoxy) is 1. The fourth-order valence-electron chi connectivity index (χ4n) is 1.78. The van der Waals surface area contributed by atoms with Crippen molar-refractivity contribution < 1.29 is 26.7 Å². The maximum atomic E-state index is 12.8. The van der Waals surface area contributed by atoms with Crippen LogP contribution in [-0.4, -0.2) is 38.1 Å². The number of likely N-dealkylation sites (N-methyl/N-ethyl adjacent to an activating group) is 1. The molecule has 120 valence electrons. The molecule has 0 amide bonds. The summed E-state index contributed by atoms with van der Waals surface area (Å²) in [4.78, 5) is 0. The Balaban J connectivity index is 2.48. The van der Waals surface area contributed by atoms with Gasteiger partial charge in [0.15, 0.2) is 0 Å². The number of rotatable bonds is 9. The highest BCUT2D eigenvalue weighted by atomic mass is 19.3. The average molecular weight is 311 g/mol. The van der Waals surface area contributed by atoms with Gasteiger partial charge in [0.1, 0.15) is 12.4 Å². The zero-order valence-corrected chi connectivity index (χ0v) is 11.6. The molecule has 0 saturated carbocycles. The SMILES string of the molecule is CCNC(COCC(F)(F)C(F)F)Cc1ccc(F)cc1. The van der Waals surface area contributed by atoms with E-state index in [1.54, 1.807) is 12.1 Å². The fourth-order valence-corrected chi connectivity index (χ4v) is 1.78. The van der Waals surface area contributed by atoms with E-state index < -0.39 is 19.0 Å². The largest absolute Gasteiger partial charge is 0.373 e. The molecule has 1 aromatic carbocycles. The quantitative estimate of drug-likeness (QED) is 0.707. The molecule has 1 unspecified atom stereocenters. The standard InChI is InChI=1S/C14H18F5NO/c1-2-20-12(7-10-3-5-11(15)6-4-10)8-21-9-14(18,19)13(16)17/h3-6,12-13,20H,2,7-9H2,1H3. The summed E-state index contributed by atoms with van der Waals surface area (Å²) in [5.74, 6) is -4.52. The van der Waals surface area contributed by atoms with Crippen LogP contribution < -0.4 is 5.32 Å². The molecule has 1 rings (SSSR count). The summed E-state index contributed by atoms with van der Waals surface area (Å²) in [7, 11) is 0. The summed E-state index contributed by atoms with van der Waals surface area (Å²) in [6.07, 6.45) is -3.32. The number of hydrogen-bond donors (Lipinski definition) is 1. The molecule has 7 heteroatoms. The van der Waals surface area contributed by atoms with Crippen molar-refractivity contribution >= 4 is 0 Å². The Bertz CT molecular complexity index is 410. The van der Waals surface area contributed by atoms with E-state index in [-0.39, 0.29) is 18.5 Å². The van der Waals surface area contributed by atoms with Crippen LogP contribution in [0.4, 0.5) is 22.0 Å². The molecule has 0 saturated heterocycles. The maximum Gasteiger partial charge on any atom is 0.330 e. The summed E-state index contributed by atoms with van der Waals surface area (Å²) in [6.45, 7) is 0.940. The zero-order valence-electron chi connectivity index (χ0n) is 11.6. The van der Waals surface area contributed by atoms with Gasteiger partial charge in [0.25, 0.3) is 0 Å². The van der Waals surface area contributed by atoms with Gasteiger partial charge in [-0.2, -0.15) is 8.78 Å². The van der Waals surface area contributed by atoms with Crippen LogP contribution >= 0.6 is 0 Å². The van der Waals surface area contributed by atoms with Crippen LogP contribution in [0.3, 0.4) is 0 Å². The second-order valence-electron chi connectivity index (χ2n) is 4.66. The maximum absolute atomic E-state index is 12.8. The number of nitrogens with one attached hydrogen (secondary N) is 1. The first-order chi connectivity index (χ1) is 9.85. The Kier molecular flexibility index (Phi) is 7.04. The van der Waals surface area contributed by atoms with Crippen molar-refractivity contribution in [1.29, 1.82) is 0 Å². The first-order valence-electron chi connectivity index (χ1n) is 6.56. The Morgan fingerprint density at radius 1 is 1.19 bits per heavy atom. The lowest BCUT2D eigenvalue weighted by molar-refractivity contribution is -0.167. The average Bonchev–Trinajstić information content (AvgIpc) is 2.41. The molecule has 0 heterocycles. The third-order valence-electron chi connectivity index (χ3n) is 2.82. The van der Waals surface area contributed by atoms with Gasteiger partial charge in [-0.15, -0.1) is 0 Å². The van der Waals surface area contributed by atoms with Crippen molar-refractivity contribution in [1.82, 2.24) is 5.32 Å². The number of benzene rings is 1. The first kappa shape index (κ1) is 17.8. The van der Waals surface area contributed by atoms with E-state index in [0.29, 0.717) is 13.0 Å². The lowest BCUT2D eigenvalue weighted by Gasteiger charge is -2.20. The van der Waals surface area contributed by atoms with Crippen LogP contribution in [0.5, 0.6) is 0 Å². The van der Waals surface area contributed by atoms with Gasteiger partial charge >= 0.3 is 12.3 Å². The van der Waals surface area contributed by atoms with Gasteiger partial charge in [-0.3, -0.25) is 0 Å². The Morgan fingerprint density at radius 2 is 1.81 bits per heavy atom. The van der Waals surface area contributed by atoms with E-state index in [9.17, 15) is 22.0 Å². The van der Waals surface area contributed by atoms with Gasteiger partial charge < -0.3 is 10.1 Å². The monoisotopic (exact) mass is 311 g/mol. The van der Waals surface area contributed by atoms with Gasteiger partial charge in [0.05, 0.1) is 6.61 Å². The molecular weight excluding hydrogens is 293 g/mol. The minimum atomic E-state index is -4.15. The van der Waals surface area contributed by atoms with Crippen LogP contribution in [-0.2, 0) is 11.2 Å². The van der Waals surface area contributed by atoms with Crippen molar-refractivity contribution in [3.05, 3.63) is 35.6 Å². The van der Waals surface area contributed by atoms with E-state index in [1.807, 2.05) is 6.92 Å². The molecule has 0 aliphatic carbocycles. The van der Waals surface area contributed by atoms with Gasteiger partial charge in [-0.1, -0.05) is 19.1 Å². The van der Waals surface area contributed by atoms with E-state index in [4.69, 9.17) is 4.74 Å². The van der Waals surface area contributed by atoms with E-state index in [2.05, 4.69) is 5.32 Å². The number of halogens is 5. The molecule has 1 N–H and O–H groups in total. The topological polar surface area (TPSA) is 21.3 Å². The highest BCUT2D eigenvalue weighted by Crippen LogP contribution is 2.22. The number of hydrogen-bond acceptors (Lipinski definition) is 2. The third-order valence-corrected chi connectivity index (χ3v) is 2.82. The summed E-state index contributed by atoms with van der Waals surface area (Å²) in [6, 6.07) is 5.43. The fraction of sp³-hybridized carbons (Fsp3) is 0.571. The highest BCUT2D eigenvalue weighted by molar-refractivity contribution is 5.17. The first-order valence-corrected chi connectivity index (χ1v) is 6.56. The summed E-state index contributed by atoms with van der Waals surface area (Å²) in [5, 5.41) is 3.01. The van der Waals surface area contributed by atoms with Crippen molar-refractivity contribution in [2.24, 2.45) is 0 Å². The van der Waals surface area contributed by atoms with Crippen LogP contribution in [0, 0.1) is 5.82 Å². The second-order valence-corrected chi connectivity index (χ2v) is 4.66. The van der Waals surface area contributed by atoms with Crippen molar-refractivity contribution in [2.75, 3.05) is 19.8 Å². The van der Waals surface area contributed by atoms with Gasteiger partial charge in [-0.25, -0.2) is 13.2 Å². The minimum Gasteiger partial charge on any atom is -0.373 e. The molecule has 0 fully saturated rings. The van der Waals surface area contributed by atoms with Gasteiger partial charge in [0, 0.05) is 6.04 Å². The van der Waals surface area contributed by atoms with E-state index >= 15 is 0 Å². The van der Waals surface area contributed by atoms with Crippen molar-refractivity contribution in [2.45, 2.75) is 31.7 Å². The lowest BCUT2D eigenvalue weighted by atomic mass is 10.1. The van der Waals surface area contributed by atoms with Gasteiger partial charge in [0.2, 0.25) is 0 Å². The third kappa shape index (κ3) is 6.39. The molecule has 0 aliphatic rings. The number of alkyl halides is 4. The molecule has 0 radical (unpaired) electrons. The molecule has 0 aliphatic heterocycles. The molecule has 0 spiro atoms. The van der Waals surface area contributed by atoms with Crippen LogP contribution in [0.25, 0.3) is 0 Å². The Hall–Kier alpha value is -1.21. The Morgan fingerprint density at radius 3 is 2.33 bits per heavy atom. The minimum absolute atomic E-state index is 0.131.